The molecule has 1 amide bonds. The zero-order chi connectivity index (χ0) is 9.14. The van der Waals surface area contributed by atoms with Crippen molar-refractivity contribution in [2.75, 3.05) is 20.1 Å². The summed E-state index contributed by atoms with van der Waals surface area (Å²) in [6, 6.07) is -0.374. The lowest BCUT2D eigenvalue weighted by atomic mass is 10.2. The third kappa shape index (κ3) is 1.93. The Kier molecular flexibility index (Phi) is 2.61. The Labute approximate surface area is 69.5 Å². The summed E-state index contributed by atoms with van der Waals surface area (Å²) in [5, 5.41) is 8.44. The molecule has 12 heavy (non-hydrogen) atoms. The van der Waals surface area contributed by atoms with E-state index in [-0.39, 0.29) is 18.5 Å². The molecule has 0 saturated carbocycles. The van der Waals surface area contributed by atoms with Crippen LogP contribution >= 0.6 is 0 Å². The number of carbonyl (C=O) groups excluding carboxylic acids is 1. The van der Waals surface area contributed by atoms with Crippen LogP contribution < -0.4 is 10.9 Å². The number of hydrogen-bond donors (Lipinski definition) is 3. The molecule has 1 rings (SSSR count). The lowest BCUT2D eigenvalue weighted by molar-refractivity contribution is -0.138. The van der Waals surface area contributed by atoms with E-state index in [0.29, 0.717) is 6.54 Å². The van der Waals surface area contributed by atoms with Gasteiger partial charge in [0.15, 0.2) is 0 Å². The number of aliphatic carboxylic acids is 1. The fourth-order valence-corrected chi connectivity index (χ4v) is 1.09. The van der Waals surface area contributed by atoms with Crippen molar-refractivity contribution in [1.82, 2.24) is 15.8 Å². The molecule has 0 aromatic heterocycles. The molecular formula is C6H11N3O3. The van der Waals surface area contributed by atoms with E-state index in [1.807, 2.05) is 0 Å². The summed E-state index contributed by atoms with van der Waals surface area (Å²) in [4.78, 5) is 22.8. The van der Waals surface area contributed by atoms with Gasteiger partial charge in [-0.1, -0.05) is 0 Å². The largest absolute Gasteiger partial charge is 0.480 e. The van der Waals surface area contributed by atoms with E-state index < -0.39 is 5.97 Å². The Balaban J connectivity index is 2.45. The van der Waals surface area contributed by atoms with Crippen LogP contribution in [0.5, 0.6) is 0 Å². The van der Waals surface area contributed by atoms with Crippen LogP contribution in [0.3, 0.4) is 0 Å². The van der Waals surface area contributed by atoms with Crippen molar-refractivity contribution in [3.63, 3.8) is 0 Å². The van der Waals surface area contributed by atoms with E-state index in [1.54, 1.807) is 7.05 Å². The standard InChI is InChI=1S/C6H11N3O3/c1-9(3-5(10)11)4-2-7-8-6(4)12/h4,7H,2-3H2,1H3,(H,8,12)(H,10,11). The van der Waals surface area contributed by atoms with Crippen molar-refractivity contribution < 1.29 is 14.7 Å². The number of carboxylic acids is 1. The highest BCUT2D eigenvalue weighted by atomic mass is 16.4. The number of hydrogen-bond acceptors (Lipinski definition) is 4. The van der Waals surface area contributed by atoms with Crippen LogP contribution in [-0.4, -0.2) is 48.1 Å². The predicted octanol–water partition coefficient (Wildman–Crippen LogP) is -1.99. The Bertz CT molecular complexity index is 206. The molecule has 6 heteroatoms. The minimum Gasteiger partial charge on any atom is -0.480 e. The first-order valence-electron chi connectivity index (χ1n) is 3.56. The Morgan fingerprint density at radius 3 is 2.92 bits per heavy atom. The van der Waals surface area contributed by atoms with Gasteiger partial charge in [-0.25, -0.2) is 5.43 Å². The Hall–Kier alpha value is -1.14. The topological polar surface area (TPSA) is 81.7 Å². The van der Waals surface area contributed by atoms with Gasteiger partial charge in [0.2, 0.25) is 0 Å². The minimum absolute atomic E-state index is 0.125. The van der Waals surface area contributed by atoms with Gasteiger partial charge in [-0.05, 0) is 7.05 Å². The summed E-state index contributed by atoms with van der Waals surface area (Å²) in [6.07, 6.45) is 0. The molecule has 0 aliphatic carbocycles. The molecule has 0 spiro atoms. The molecule has 0 aromatic carbocycles. The predicted molar refractivity (Wildman–Crippen MR) is 40.2 cm³/mol. The molecule has 6 nitrogen and oxygen atoms in total. The third-order valence-electron chi connectivity index (χ3n) is 1.73. The van der Waals surface area contributed by atoms with Crippen molar-refractivity contribution >= 4 is 11.9 Å². The number of carbonyl (C=O) groups is 2. The summed E-state index contributed by atoms with van der Waals surface area (Å²) in [5.74, 6) is -1.11. The highest BCUT2D eigenvalue weighted by molar-refractivity contribution is 5.84. The molecule has 1 atom stereocenters. The minimum atomic E-state index is -0.933. The molecule has 1 saturated heterocycles. The van der Waals surface area contributed by atoms with Crippen molar-refractivity contribution in [2.24, 2.45) is 0 Å². The van der Waals surface area contributed by atoms with Gasteiger partial charge in [-0.2, -0.15) is 0 Å². The Morgan fingerprint density at radius 1 is 1.83 bits per heavy atom. The van der Waals surface area contributed by atoms with Gasteiger partial charge in [-0.3, -0.25) is 19.9 Å². The number of likely N-dealkylation sites (N-methyl/N-ethyl adjacent to an activating group) is 1. The molecule has 0 aromatic rings. The summed E-state index contributed by atoms with van der Waals surface area (Å²) in [6.45, 7) is 0.322. The van der Waals surface area contributed by atoms with Crippen LogP contribution in [0, 0.1) is 0 Å². The molecule has 3 N–H and O–H groups in total. The number of hydrazine groups is 1. The van der Waals surface area contributed by atoms with Crippen LogP contribution in [0.25, 0.3) is 0 Å². The molecule has 68 valence electrons. The highest BCUT2D eigenvalue weighted by Gasteiger charge is 2.28. The van der Waals surface area contributed by atoms with Crippen LogP contribution in [-0.2, 0) is 9.59 Å². The molecule has 1 aliphatic rings. The number of rotatable bonds is 3. The smallest absolute Gasteiger partial charge is 0.317 e. The highest BCUT2D eigenvalue weighted by Crippen LogP contribution is 1.98. The fraction of sp³-hybridized carbons (Fsp3) is 0.667. The second kappa shape index (κ2) is 3.51. The zero-order valence-corrected chi connectivity index (χ0v) is 6.70. The van der Waals surface area contributed by atoms with Gasteiger partial charge in [0.1, 0.15) is 6.04 Å². The fourth-order valence-electron chi connectivity index (χ4n) is 1.09. The van der Waals surface area contributed by atoms with E-state index >= 15 is 0 Å². The van der Waals surface area contributed by atoms with Crippen molar-refractivity contribution in [3.05, 3.63) is 0 Å². The first kappa shape index (κ1) is 8.95. The molecule has 1 aliphatic heterocycles. The van der Waals surface area contributed by atoms with Crippen LogP contribution in [0.4, 0.5) is 0 Å². The summed E-state index contributed by atoms with van der Waals surface area (Å²) >= 11 is 0. The average molecular weight is 173 g/mol. The van der Waals surface area contributed by atoms with Crippen LogP contribution in [0.15, 0.2) is 0 Å². The lowest BCUT2D eigenvalue weighted by Gasteiger charge is -2.18. The van der Waals surface area contributed by atoms with Gasteiger partial charge in [0.25, 0.3) is 5.91 Å². The van der Waals surface area contributed by atoms with Gasteiger partial charge < -0.3 is 5.11 Å². The number of nitrogens with zero attached hydrogens (tertiary/aromatic N) is 1. The molecule has 1 heterocycles. The second-order valence-electron chi connectivity index (χ2n) is 2.69. The summed E-state index contributed by atoms with van der Waals surface area (Å²) in [5.41, 5.74) is 5.04. The molecule has 1 fully saturated rings. The average Bonchev–Trinajstić information content (AvgIpc) is 2.33. The molecule has 0 radical (unpaired) electrons. The maximum atomic E-state index is 11.0. The van der Waals surface area contributed by atoms with Crippen molar-refractivity contribution in [2.45, 2.75) is 6.04 Å². The van der Waals surface area contributed by atoms with E-state index in [2.05, 4.69) is 10.9 Å². The van der Waals surface area contributed by atoms with Gasteiger partial charge in [0, 0.05) is 6.54 Å². The lowest BCUT2D eigenvalue weighted by Crippen LogP contribution is -2.42. The van der Waals surface area contributed by atoms with E-state index in [1.165, 1.54) is 4.90 Å². The summed E-state index contributed by atoms with van der Waals surface area (Å²) in [7, 11) is 1.60. The number of amides is 1. The first-order valence-corrected chi connectivity index (χ1v) is 3.56. The number of nitrogens with one attached hydrogen (secondary N) is 2. The van der Waals surface area contributed by atoms with Gasteiger partial charge in [-0.15, -0.1) is 0 Å². The quantitative estimate of drug-likeness (QED) is 0.460. The van der Waals surface area contributed by atoms with E-state index in [4.69, 9.17) is 5.11 Å². The van der Waals surface area contributed by atoms with Gasteiger partial charge in [0.05, 0.1) is 6.54 Å². The van der Waals surface area contributed by atoms with Crippen molar-refractivity contribution in [3.8, 4) is 0 Å². The first-order chi connectivity index (χ1) is 5.61. The van der Waals surface area contributed by atoms with Gasteiger partial charge >= 0.3 is 5.97 Å². The summed E-state index contributed by atoms with van der Waals surface area (Å²) < 4.78 is 0. The molecule has 0 bridgehead atoms. The zero-order valence-electron chi connectivity index (χ0n) is 6.70. The maximum Gasteiger partial charge on any atom is 0.317 e. The van der Waals surface area contributed by atoms with Crippen LogP contribution in [0.1, 0.15) is 0 Å². The van der Waals surface area contributed by atoms with Crippen LogP contribution in [0.2, 0.25) is 0 Å². The van der Waals surface area contributed by atoms with E-state index in [9.17, 15) is 9.59 Å². The Morgan fingerprint density at radius 2 is 2.50 bits per heavy atom. The van der Waals surface area contributed by atoms with E-state index in [0.717, 1.165) is 0 Å². The second-order valence-corrected chi connectivity index (χ2v) is 2.69. The molecular weight excluding hydrogens is 162 g/mol. The monoisotopic (exact) mass is 173 g/mol. The number of carboxylic acid groups (broad SMARTS) is 1. The molecule has 1 unspecified atom stereocenters. The third-order valence-corrected chi connectivity index (χ3v) is 1.73. The van der Waals surface area contributed by atoms with Crippen molar-refractivity contribution in [1.29, 1.82) is 0 Å². The normalized spacial score (nSPS) is 22.8. The maximum absolute atomic E-state index is 11.0. The SMILES string of the molecule is CN(CC(=O)O)C1CNNC1=O.